The van der Waals surface area contributed by atoms with Crippen molar-refractivity contribution in [1.82, 2.24) is 9.88 Å². The summed E-state index contributed by atoms with van der Waals surface area (Å²) in [6.07, 6.45) is -3.26. The zero-order valence-corrected chi connectivity index (χ0v) is 12.5. The summed E-state index contributed by atoms with van der Waals surface area (Å²) in [6.45, 7) is -1.47. The number of hydrogen-bond acceptors (Lipinski definition) is 5. The van der Waals surface area contributed by atoms with Crippen molar-refractivity contribution in [3.63, 3.8) is 0 Å². The molecular weight excluding hydrogens is 323 g/mol. The molecule has 1 saturated heterocycles. The summed E-state index contributed by atoms with van der Waals surface area (Å²) in [5, 5.41) is 2.16. The second-order valence-electron chi connectivity index (χ2n) is 4.73. The number of rotatable bonds is 3. The molecule has 2 rings (SSSR count). The highest BCUT2D eigenvalue weighted by atomic mass is 32.1. The highest BCUT2D eigenvalue weighted by Gasteiger charge is 2.39. The fraction of sp³-hybridized carbons (Fsp3) is 0.583. The highest BCUT2D eigenvalue weighted by molar-refractivity contribution is 7.13. The number of likely N-dealkylation sites (N-methyl/N-ethyl adjacent to an activating group) is 1. The average molecular weight is 337 g/mol. The normalized spacial score (nSPS) is 18.4. The molecule has 1 aliphatic heterocycles. The maximum atomic E-state index is 12.4. The molecule has 1 aliphatic rings. The summed E-state index contributed by atoms with van der Waals surface area (Å²) >= 11 is 1.25. The number of thiazole rings is 1. The van der Waals surface area contributed by atoms with Crippen molar-refractivity contribution in [2.24, 2.45) is 0 Å². The summed E-state index contributed by atoms with van der Waals surface area (Å²) in [5.74, 6) is -0.392. The van der Waals surface area contributed by atoms with E-state index in [-0.39, 0.29) is 6.54 Å². The third-order valence-electron chi connectivity index (χ3n) is 3.17. The summed E-state index contributed by atoms with van der Waals surface area (Å²) in [7, 11) is 1.51. The lowest BCUT2D eigenvalue weighted by Crippen LogP contribution is -2.47. The standard InChI is InChI=1S/C12H14F3N3O3S/c1-17(10-16-4-6-22-10)9(19)8-3-2-5-18(8)11(20)21-7-12(13,14)15/h4,6,8H,2-3,5,7H2,1H3/t8-/m0/s1. The Morgan fingerprint density at radius 2 is 2.27 bits per heavy atom. The number of carbonyl (C=O) groups is 2. The molecule has 1 aromatic heterocycles. The molecule has 0 saturated carbocycles. The molecule has 122 valence electrons. The summed E-state index contributed by atoms with van der Waals surface area (Å²) in [4.78, 5) is 30.4. The number of halogens is 3. The maximum absolute atomic E-state index is 12.4. The van der Waals surface area contributed by atoms with Crippen LogP contribution in [0, 0.1) is 0 Å². The van der Waals surface area contributed by atoms with Gasteiger partial charge in [0.2, 0.25) is 0 Å². The van der Waals surface area contributed by atoms with Crippen LogP contribution in [0.1, 0.15) is 12.8 Å². The smallest absolute Gasteiger partial charge is 0.422 e. The van der Waals surface area contributed by atoms with Crippen LogP contribution < -0.4 is 4.90 Å². The minimum atomic E-state index is -4.59. The molecule has 0 unspecified atom stereocenters. The SMILES string of the molecule is CN(C(=O)[C@@H]1CCCN1C(=O)OCC(F)(F)F)c1nccs1. The molecule has 0 aromatic carbocycles. The molecule has 0 radical (unpaired) electrons. The minimum Gasteiger partial charge on any atom is -0.440 e. The Labute approximate surface area is 128 Å². The number of carbonyl (C=O) groups excluding carboxylic acids is 2. The number of hydrogen-bond donors (Lipinski definition) is 0. The highest BCUT2D eigenvalue weighted by Crippen LogP contribution is 2.24. The Morgan fingerprint density at radius 1 is 1.55 bits per heavy atom. The Kier molecular flexibility index (Phi) is 4.89. The number of ether oxygens (including phenoxy) is 1. The molecule has 6 nitrogen and oxygen atoms in total. The van der Waals surface area contributed by atoms with Crippen LogP contribution in [0.5, 0.6) is 0 Å². The summed E-state index contributed by atoms with van der Waals surface area (Å²) in [6, 6.07) is -0.824. The first-order chi connectivity index (χ1) is 10.3. The monoisotopic (exact) mass is 337 g/mol. The number of nitrogens with zero attached hydrogens (tertiary/aromatic N) is 3. The molecule has 2 heterocycles. The molecule has 0 N–H and O–H groups in total. The van der Waals surface area contributed by atoms with Crippen molar-refractivity contribution in [1.29, 1.82) is 0 Å². The first-order valence-corrected chi connectivity index (χ1v) is 7.35. The third kappa shape index (κ3) is 3.87. The molecule has 1 atom stereocenters. The van der Waals surface area contributed by atoms with Gasteiger partial charge in [0.1, 0.15) is 6.04 Å². The number of likely N-dealkylation sites (tertiary alicyclic amines) is 1. The van der Waals surface area contributed by atoms with Crippen LogP contribution in [0.3, 0.4) is 0 Å². The molecule has 0 spiro atoms. The van der Waals surface area contributed by atoms with E-state index in [4.69, 9.17) is 0 Å². The van der Waals surface area contributed by atoms with Gasteiger partial charge < -0.3 is 4.74 Å². The van der Waals surface area contributed by atoms with Crippen LogP contribution >= 0.6 is 11.3 Å². The maximum Gasteiger partial charge on any atom is 0.422 e. The van der Waals surface area contributed by atoms with E-state index in [1.807, 2.05) is 0 Å². The third-order valence-corrected chi connectivity index (χ3v) is 4.02. The van der Waals surface area contributed by atoms with Crippen molar-refractivity contribution in [3.8, 4) is 0 Å². The van der Waals surface area contributed by atoms with Crippen LogP contribution in [0.4, 0.5) is 23.1 Å². The second-order valence-corrected chi connectivity index (χ2v) is 5.61. The van der Waals surface area contributed by atoms with Gasteiger partial charge in [-0.2, -0.15) is 13.2 Å². The van der Waals surface area contributed by atoms with Crippen LogP contribution in [-0.2, 0) is 9.53 Å². The van der Waals surface area contributed by atoms with E-state index < -0.39 is 30.8 Å². The van der Waals surface area contributed by atoms with Gasteiger partial charge in [-0.25, -0.2) is 9.78 Å². The summed E-state index contributed by atoms with van der Waals surface area (Å²) in [5.41, 5.74) is 0. The van der Waals surface area contributed by atoms with Crippen molar-refractivity contribution in [3.05, 3.63) is 11.6 Å². The van der Waals surface area contributed by atoms with Gasteiger partial charge in [-0.1, -0.05) is 0 Å². The molecule has 1 fully saturated rings. The molecule has 2 amide bonds. The lowest BCUT2D eigenvalue weighted by Gasteiger charge is -2.26. The van der Waals surface area contributed by atoms with Crippen molar-refractivity contribution in [2.75, 3.05) is 25.1 Å². The van der Waals surface area contributed by atoms with Crippen LogP contribution in [-0.4, -0.2) is 54.3 Å². The van der Waals surface area contributed by atoms with E-state index in [0.717, 1.165) is 4.90 Å². The number of amides is 2. The molecule has 0 bridgehead atoms. The van der Waals surface area contributed by atoms with E-state index in [2.05, 4.69) is 9.72 Å². The second kappa shape index (κ2) is 6.51. The van der Waals surface area contributed by atoms with Gasteiger partial charge >= 0.3 is 12.3 Å². The largest absolute Gasteiger partial charge is 0.440 e. The van der Waals surface area contributed by atoms with Crippen LogP contribution in [0.15, 0.2) is 11.6 Å². The Bertz CT molecular complexity index is 535. The first kappa shape index (κ1) is 16.5. The topological polar surface area (TPSA) is 62.7 Å². The molecule has 0 aliphatic carbocycles. The molecule has 10 heteroatoms. The Balaban J connectivity index is 2.00. The number of alkyl halides is 3. The van der Waals surface area contributed by atoms with E-state index >= 15 is 0 Å². The van der Waals surface area contributed by atoms with Gasteiger partial charge in [-0.05, 0) is 12.8 Å². The zero-order chi connectivity index (χ0) is 16.3. The van der Waals surface area contributed by atoms with Crippen molar-refractivity contribution >= 4 is 28.5 Å². The number of anilines is 1. The van der Waals surface area contributed by atoms with Gasteiger partial charge in [-0.15, -0.1) is 11.3 Å². The van der Waals surface area contributed by atoms with Crippen LogP contribution in [0.25, 0.3) is 0 Å². The van der Waals surface area contributed by atoms with Gasteiger partial charge in [0.05, 0.1) is 0 Å². The average Bonchev–Trinajstić information content (AvgIpc) is 3.12. The van der Waals surface area contributed by atoms with Gasteiger partial charge in [0.15, 0.2) is 11.7 Å². The van der Waals surface area contributed by atoms with Gasteiger partial charge in [0.25, 0.3) is 5.91 Å². The lowest BCUT2D eigenvalue weighted by molar-refractivity contribution is -0.162. The van der Waals surface area contributed by atoms with E-state index in [9.17, 15) is 22.8 Å². The molecule has 22 heavy (non-hydrogen) atoms. The summed E-state index contributed by atoms with van der Waals surface area (Å²) < 4.78 is 40.5. The van der Waals surface area contributed by atoms with E-state index in [1.165, 1.54) is 29.5 Å². The Hall–Kier alpha value is -1.84. The fourth-order valence-electron chi connectivity index (χ4n) is 2.17. The van der Waals surface area contributed by atoms with Crippen LogP contribution in [0.2, 0.25) is 0 Å². The quantitative estimate of drug-likeness (QED) is 0.849. The van der Waals surface area contributed by atoms with Gasteiger partial charge in [0, 0.05) is 25.2 Å². The minimum absolute atomic E-state index is 0.193. The number of aromatic nitrogens is 1. The zero-order valence-electron chi connectivity index (χ0n) is 11.7. The van der Waals surface area contributed by atoms with Crippen molar-refractivity contribution < 1.29 is 27.5 Å². The first-order valence-electron chi connectivity index (χ1n) is 6.47. The van der Waals surface area contributed by atoms with E-state index in [1.54, 1.807) is 5.38 Å². The van der Waals surface area contributed by atoms with Gasteiger partial charge in [-0.3, -0.25) is 14.6 Å². The molecular formula is C12H14F3N3O3S. The molecule has 1 aromatic rings. The predicted molar refractivity (Wildman–Crippen MR) is 72.7 cm³/mol. The Morgan fingerprint density at radius 3 is 2.86 bits per heavy atom. The fourth-order valence-corrected chi connectivity index (χ4v) is 2.78. The van der Waals surface area contributed by atoms with E-state index in [0.29, 0.717) is 18.0 Å². The predicted octanol–water partition coefficient (Wildman–Crippen LogP) is 2.27. The van der Waals surface area contributed by atoms with Crippen molar-refractivity contribution in [2.45, 2.75) is 25.1 Å². The lowest BCUT2D eigenvalue weighted by atomic mass is 10.2.